The van der Waals surface area contributed by atoms with Crippen LogP contribution >= 0.6 is 11.3 Å². The first-order valence-electron chi connectivity index (χ1n) is 7.70. The van der Waals surface area contributed by atoms with Crippen molar-refractivity contribution in [1.29, 1.82) is 0 Å². The van der Waals surface area contributed by atoms with E-state index in [1.807, 2.05) is 31.4 Å². The van der Waals surface area contributed by atoms with Gasteiger partial charge in [0.25, 0.3) is 11.6 Å². The Kier molecular flexibility index (Phi) is 6.35. The van der Waals surface area contributed by atoms with Crippen LogP contribution in [0.25, 0.3) is 0 Å². The maximum atomic E-state index is 12.2. The van der Waals surface area contributed by atoms with E-state index in [0.29, 0.717) is 5.75 Å². The summed E-state index contributed by atoms with van der Waals surface area (Å²) in [6, 6.07) is 7.80. The minimum absolute atomic E-state index is 0.108. The quantitative estimate of drug-likeness (QED) is 0.571. The van der Waals surface area contributed by atoms with Gasteiger partial charge in [-0.3, -0.25) is 14.9 Å². The van der Waals surface area contributed by atoms with Crippen molar-refractivity contribution in [3.05, 3.63) is 50.7 Å². The summed E-state index contributed by atoms with van der Waals surface area (Å²) in [4.78, 5) is 23.6. The van der Waals surface area contributed by atoms with Gasteiger partial charge in [-0.25, -0.2) is 0 Å². The smallest absolute Gasteiger partial charge is 0.273 e. The monoisotopic (exact) mass is 364 g/mol. The topological polar surface area (TPSA) is 90.7 Å². The molecule has 2 rings (SSSR count). The number of nitro groups is 1. The zero-order chi connectivity index (χ0) is 18.4. The van der Waals surface area contributed by atoms with E-state index in [-0.39, 0.29) is 35.9 Å². The van der Waals surface area contributed by atoms with Crippen molar-refractivity contribution in [3.63, 3.8) is 0 Å². The molecule has 1 heterocycles. The maximum Gasteiger partial charge on any atom is 0.273 e. The molecule has 25 heavy (non-hydrogen) atoms. The standard InChI is InChI=1S/C17H20N2O5S/c1-11(2)17(15-5-4-8-25-15)18-16(20)10-24-14-9-12(19(21)22)6-7-13(14)23-3/h4-9,11,17H,10H2,1-3H3,(H,18,20). The summed E-state index contributed by atoms with van der Waals surface area (Å²) < 4.78 is 10.6. The number of nitrogens with one attached hydrogen (secondary N) is 1. The van der Waals surface area contributed by atoms with E-state index in [4.69, 9.17) is 9.47 Å². The van der Waals surface area contributed by atoms with Gasteiger partial charge in [0.2, 0.25) is 0 Å². The van der Waals surface area contributed by atoms with E-state index < -0.39 is 4.92 Å². The molecule has 0 bridgehead atoms. The number of nitro benzene ring substituents is 1. The molecule has 1 unspecified atom stereocenters. The summed E-state index contributed by atoms with van der Waals surface area (Å²) in [5.41, 5.74) is -0.130. The molecule has 0 fully saturated rings. The zero-order valence-electron chi connectivity index (χ0n) is 14.2. The van der Waals surface area contributed by atoms with E-state index in [1.165, 1.54) is 25.3 Å². The molecular weight excluding hydrogens is 344 g/mol. The first-order chi connectivity index (χ1) is 11.9. The Bertz CT molecular complexity index is 731. The highest BCUT2D eigenvalue weighted by molar-refractivity contribution is 7.10. The molecule has 1 aromatic carbocycles. The molecule has 0 aliphatic heterocycles. The normalized spacial score (nSPS) is 11.8. The summed E-state index contributed by atoms with van der Waals surface area (Å²) in [6.07, 6.45) is 0. The van der Waals surface area contributed by atoms with E-state index >= 15 is 0 Å². The third-order valence-electron chi connectivity index (χ3n) is 3.55. The lowest BCUT2D eigenvalue weighted by Gasteiger charge is -2.21. The van der Waals surface area contributed by atoms with E-state index in [0.717, 1.165) is 4.88 Å². The molecule has 0 saturated heterocycles. The summed E-state index contributed by atoms with van der Waals surface area (Å²) >= 11 is 1.58. The van der Waals surface area contributed by atoms with Crippen molar-refractivity contribution >= 4 is 22.9 Å². The fraction of sp³-hybridized carbons (Fsp3) is 0.353. The van der Waals surface area contributed by atoms with Gasteiger partial charge in [-0.2, -0.15) is 0 Å². The number of benzene rings is 1. The Morgan fingerprint density at radius 3 is 2.64 bits per heavy atom. The molecule has 1 N–H and O–H groups in total. The second-order valence-corrected chi connectivity index (χ2v) is 6.66. The Hall–Kier alpha value is -2.61. The van der Waals surface area contributed by atoms with E-state index in [9.17, 15) is 14.9 Å². The number of thiophene rings is 1. The first-order valence-corrected chi connectivity index (χ1v) is 8.58. The van der Waals surface area contributed by atoms with Gasteiger partial charge in [0.1, 0.15) is 0 Å². The average Bonchev–Trinajstić information content (AvgIpc) is 3.11. The molecule has 1 amide bonds. The minimum atomic E-state index is -0.530. The highest BCUT2D eigenvalue weighted by Crippen LogP contribution is 2.31. The van der Waals surface area contributed by atoms with Gasteiger partial charge < -0.3 is 14.8 Å². The van der Waals surface area contributed by atoms with Crippen LogP contribution in [0, 0.1) is 16.0 Å². The van der Waals surface area contributed by atoms with Crippen molar-refractivity contribution < 1.29 is 19.2 Å². The summed E-state index contributed by atoms with van der Waals surface area (Å²) in [6.45, 7) is 3.79. The van der Waals surface area contributed by atoms with Crippen molar-refractivity contribution in [2.24, 2.45) is 5.92 Å². The van der Waals surface area contributed by atoms with Crippen LogP contribution in [0.5, 0.6) is 11.5 Å². The second kappa shape index (κ2) is 8.48. The van der Waals surface area contributed by atoms with Crippen LogP contribution in [0.15, 0.2) is 35.7 Å². The SMILES string of the molecule is COc1ccc([N+](=O)[O-])cc1OCC(=O)NC(c1cccs1)C(C)C. The summed E-state index contributed by atoms with van der Waals surface area (Å²) in [5.74, 6) is 0.400. The zero-order valence-corrected chi connectivity index (χ0v) is 15.0. The highest BCUT2D eigenvalue weighted by Gasteiger charge is 2.20. The van der Waals surface area contributed by atoms with Crippen LogP contribution < -0.4 is 14.8 Å². The predicted octanol–water partition coefficient (Wildman–Crippen LogP) is 3.56. The van der Waals surface area contributed by atoms with Crippen molar-refractivity contribution in [2.45, 2.75) is 19.9 Å². The lowest BCUT2D eigenvalue weighted by Crippen LogP contribution is -2.34. The molecule has 0 aliphatic rings. The van der Waals surface area contributed by atoms with Gasteiger partial charge in [-0.05, 0) is 23.4 Å². The highest BCUT2D eigenvalue weighted by atomic mass is 32.1. The number of carbonyl (C=O) groups is 1. The fourth-order valence-corrected chi connectivity index (χ4v) is 3.23. The van der Waals surface area contributed by atoms with Crippen LogP contribution in [-0.2, 0) is 4.79 Å². The number of hydrogen-bond donors (Lipinski definition) is 1. The molecule has 8 heteroatoms. The molecule has 1 atom stereocenters. The summed E-state index contributed by atoms with van der Waals surface area (Å²) in [7, 11) is 1.43. The number of non-ortho nitro benzene ring substituents is 1. The average molecular weight is 364 g/mol. The van der Waals surface area contributed by atoms with Crippen LogP contribution in [0.2, 0.25) is 0 Å². The van der Waals surface area contributed by atoms with Crippen LogP contribution in [0.4, 0.5) is 5.69 Å². The lowest BCUT2D eigenvalue weighted by atomic mass is 10.0. The first kappa shape index (κ1) is 18.7. The molecule has 134 valence electrons. The number of rotatable bonds is 8. The fourth-order valence-electron chi connectivity index (χ4n) is 2.28. The third-order valence-corrected chi connectivity index (χ3v) is 4.51. The van der Waals surface area contributed by atoms with Crippen molar-refractivity contribution in [3.8, 4) is 11.5 Å². The van der Waals surface area contributed by atoms with Gasteiger partial charge in [-0.1, -0.05) is 19.9 Å². The maximum absolute atomic E-state index is 12.2. The Morgan fingerprint density at radius 1 is 1.32 bits per heavy atom. The van der Waals surface area contributed by atoms with Gasteiger partial charge in [-0.15, -0.1) is 11.3 Å². The largest absolute Gasteiger partial charge is 0.493 e. The number of carbonyl (C=O) groups excluding carboxylic acids is 1. The van der Waals surface area contributed by atoms with Crippen LogP contribution in [0.1, 0.15) is 24.8 Å². The number of amides is 1. The third kappa shape index (κ3) is 4.93. The number of ether oxygens (including phenoxy) is 2. The Balaban J connectivity index is 2.04. The van der Waals surface area contributed by atoms with Crippen LogP contribution in [-0.4, -0.2) is 24.5 Å². The lowest BCUT2D eigenvalue weighted by molar-refractivity contribution is -0.385. The number of nitrogens with zero attached hydrogens (tertiary/aromatic N) is 1. The van der Waals surface area contributed by atoms with Gasteiger partial charge in [0.05, 0.1) is 24.1 Å². The second-order valence-electron chi connectivity index (χ2n) is 5.69. The Morgan fingerprint density at radius 2 is 2.08 bits per heavy atom. The van der Waals surface area contributed by atoms with Gasteiger partial charge in [0, 0.05) is 10.9 Å². The van der Waals surface area contributed by atoms with Crippen molar-refractivity contribution in [1.82, 2.24) is 5.32 Å². The molecule has 7 nitrogen and oxygen atoms in total. The van der Waals surface area contributed by atoms with Crippen LogP contribution in [0.3, 0.4) is 0 Å². The number of methoxy groups -OCH3 is 1. The van der Waals surface area contributed by atoms with E-state index in [1.54, 1.807) is 11.3 Å². The van der Waals surface area contributed by atoms with E-state index in [2.05, 4.69) is 5.32 Å². The molecule has 0 saturated carbocycles. The predicted molar refractivity (Wildman–Crippen MR) is 95.2 cm³/mol. The van der Waals surface area contributed by atoms with Gasteiger partial charge >= 0.3 is 0 Å². The Labute approximate surface area is 149 Å². The molecule has 1 aromatic heterocycles. The molecular formula is C17H20N2O5S. The van der Waals surface area contributed by atoms with Crippen molar-refractivity contribution in [2.75, 3.05) is 13.7 Å². The number of hydrogen-bond acceptors (Lipinski definition) is 6. The molecule has 2 aromatic rings. The molecule has 0 aliphatic carbocycles. The molecule has 0 radical (unpaired) electrons. The van der Waals surface area contributed by atoms with Gasteiger partial charge in [0.15, 0.2) is 18.1 Å². The minimum Gasteiger partial charge on any atom is -0.493 e. The summed E-state index contributed by atoms with van der Waals surface area (Å²) in [5, 5.41) is 15.8. The molecule has 0 spiro atoms.